The van der Waals surface area contributed by atoms with E-state index in [1.807, 2.05) is 0 Å². The fourth-order valence-corrected chi connectivity index (χ4v) is 3.27. The molecule has 1 fully saturated rings. The molecule has 0 radical (unpaired) electrons. The molecule has 1 aliphatic rings. The number of aromatic nitrogens is 1. The normalized spacial score (nSPS) is 22.1. The molecular formula is C12H14N2O3S. The lowest BCUT2D eigenvalue weighted by atomic mass is 10.2. The van der Waals surface area contributed by atoms with Crippen molar-refractivity contribution in [2.45, 2.75) is 23.3 Å². The van der Waals surface area contributed by atoms with Gasteiger partial charge in [-0.25, -0.2) is 9.19 Å². The van der Waals surface area contributed by atoms with Gasteiger partial charge in [0.25, 0.3) is 5.22 Å². The van der Waals surface area contributed by atoms with Crippen molar-refractivity contribution in [1.29, 1.82) is 0 Å². The molecule has 1 aromatic carbocycles. The molecule has 2 N–H and O–H groups in total. The van der Waals surface area contributed by atoms with Gasteiger partial charge in [0.1, 0.15) is 16.3 Å². The predicted molar refractivity (Wildman–Crippen MR) is 68.7 cm³/mol. The SMILES string of the molecule is Nc1ccc2nc(S(=O)C3CCCOC3)oc2c1. The van der Waals surface area contributed by atoms with Crippen molar-refractivity contribution in [3.8, 4) is 0 Å². The first-order valence-electron chi connectivity index (χ1n) is 5.88. The van der Waals surface area contributed by atoms with Crippen molar-refractivity contribution in [3.63, 3.8) is 0 Å². The number of nitrogens with two attached hydrogens (primary N) is 1. The number of anilines is 1. The number of hydrogen-bond donors (Lipinski definition) is 1. The van der Waals surface area contributed by atoms with Crippen LogP contribution in [0.2, 0.25) is 0 Å². The van der Waals surface area contributed by atoms with E-state index in [0.717, 1.165) is 19.4 Å². The van der Waals surface area contributed by atoms with E-state index in [9.17, 15) is 4.21 Å². The van der Waals surface area contributed by atoms with Crippen molar-refractivity contribution in [1.82, 2.24) is 4.98 Å². The van der Waals surface area contributed by atoms with Crippen LogP contribution in [0.1, 0.15) is 12.8 Å². The topological polar surface area (TPSA) is 78.3 Å². The Morgan fingerprint density at radius 2 is 2.33 bits per heavy atom. The molecule has 96 valence electrons. The van der Waals surface area contributed by atoms with Crippen molar-refractivity contribution < 1.29 is 13.4 Å². The van der Waals surface area contributed by atoms with E-state index in [4.69, 9.17) is 14.9 Å². The minimum atomic E-state index is -1.25. The Bertz CT molecular complexity index is 590. The molecule has 0 aliphatic carbocycles. The standard InChI is InChI=1S/C12H14N2O3S/c13-8-3-4-10-11(6-8)17-12(14-10)18(15)9-2-1-5-16-7-9/h3-4,6,9H,1-2,5,7,13H2. The molecule has 3 rings (SSSR count). The van der Waals surface area contributed by atoms with Gasteiger partial charge in [0.05, 0.1) is 11.9 Å². The zero-order valence-corrected chi connectivity index (χ0v) is 10.6. The summed E-state index contributed by atoms with van der Waals surface area (Å²) in [4.78, 5) is 4.25. The maximum atomic E-state index is 12.3. The van der Waals surface area contributed by atoms with Gasteiger partial charge in [-0.2, -0.15) is 0 Å². The number of nitrogen functional groups attached to an aromatic ring is 1. The summed E-state index contributed by atoms with van der Waals surface area (Å²) in [7, 11) is -1.25. The van der Waals surface area contributed by atoms with Crippen molar-refractivity contribution in [2.75, 3.05) is 18.9 Å². The Labute approximate surface area is 107 Å². The quantitative estimate of drug-likeness (QED) is 0.837. The molecule has 1 aromatic heterocycles. The van der Waals surface area contributed by atoms with Gasteiger partial charge in [-0.05, 0) is 25.0 Å². The molecule has 0 spiro atoms. The van der Waals surface area contributed by atoms with Gasteiger partial charge in [-0.1, -0.05) is 0 Å². The summed E-state index contributed by atoms with van der Waals surface area (Å²) >= 11 is 0. The average Bonchev–Trinajstić information content (AvgIpc) is 2.81. The number of fused-ring (bicyclic) bond motifs is 1. The Hall–Kier alpha value is -1.40. The van der Waals surface area contributed by atoms with Crippen molar-refractivity contribution >= 4 is 27.6 Å². The van der Waals surface area contributed by atoms with Gasteiger partial charge >= 0.3 is 0 Å². The molecule has 1 saturated heterocycles. The highest BCUT2D eigenvalue weighted by Crippen LogP contribution is 2.23. The second kappa shape index (κ2) is 4.70. The first kappa shape index (κ1) is 11.7. The third kappa shape index (κ3) is 2.13. The van der Waals surface area contributed by atoms with Crippen LogP contribution >= 0.6 is 0 Å². The fourth-order valence-electron chi connectivity index (χ4n) is 2.03. The Kier molecular flexibility index (Phi) is 3.05. The van der Waals surface area contributed by atoms with Crippen LogP contribution in [0.3, 0.4) is 0 Å². The zero-order chi connectivity index (χ0) is 12.5. The lowest BCUT2D eigenvalue weighted by Crippen LogP contribution is -2.27. The molecular weight excluding hydrogens is 252 g/mol. The van der Waals surface area contributed by atoms with Crippen molar-refractivity contribution in [3.05, 3.63) is 18.2 Å². The first-order valence-corrected chi connectivity index (χ1v) is 7.10. The second-order valence-electron chi connectivity index (χ2n) is 4.34. The number of rotatable bonds is 2. The third-order valence-electron chi connectivity index (χ3n) is 2.99. The van der Waals surface area contributed by atoms with E-state index in [-0.39, 0.29) is 10.5 Å². The molecule has 1 aliphatic heterocycles. The summed E-state index contributed by atoms with van der Waals surface area (Å²) in [5, 5.41) is 0.246. The average molecular weight is 266 g/mol. The molecule has 6 heteroatoms. The molecule has 2 aromatic rings. The largest absolute Gasteiger partial charge is 0.430 e. The van der Waals surface area contributed by atoms with E-state index >= 15 is 0 Å². The van der Waals surface area contributed by atoms with Gasteiger partial charge in [-0.3, -0.25) is 0 Å². The minimum Gasteiger partial charge on any atom is -0.430 e. The van der Waals surface area contributed by atoms with Gasteiger partial charge in [0.15, 0.2) is 5.58 Å². The summed E-state index contributed by atoms with van der Waals surface area (Å²) in [5.41, 5.74) is 7.54. The monoisotopic (exact) mass is 266 g/mol. The molecule has 18 heavy (non-hydrogen) atoms. The minimum absolute atomic E-state index is 0.0239. The summed E-state index contributed by atoms with van der Waals surface area (Å²) in [6, 6.07) is 5.22. The van der Waals surface area contributed by atoms with Crippen LogP contribution in [0, 0.1) is 0 Å². The fraction of sp³-hybridized carbons (Fsp3) is 0.417. The van der Waals surface area contributed by atoms with E-state index in [1.54, 1.807) is 18.2 Å². The summed E-state index contributed by atoms with van der Waals surface area (Å²) < 4.78 is 23.2. The highest BCUT2D eigenvalue weighted by Gasteiger charge is 2.25. The van der Waals surface area contributed by atoms with Crippen LogP contribution in [0.4, 0.5) is 5.69 Å². The van der Waals surface area contributed by atoms with Gasteiger partial charge in [0, 0.05) is 18.4 Å². The van der Waals surface area contributed by atoms with E-state index < -0.39 is 10.8 Å². The van der Waals surface area contributed by atoms with E-state index in [2.05, 4.69) is 4.98 Å². The molecule has 2 unspecified atom stereocenters. The lowest BCUT2D eigenvalue weighted by molar-refractivity contribution is 0.0999. The molecule has 5 nitrogen and oxygen atoms in total. The van der Waals surface area contributed by atoms with Crippen LogP contribution in [0.15, 0.2) is 27.8 Å². The Morgan fingerprint density at radius 1 is 1.44 bits per heavy atom. The van der Waals surface area contributed by atoms with Gasteiger partial charge in [-0.15, -0.1) is 0 Å². The number of benzene rings is 1. The Morgan fingerprint density at radius 3 is 3.11 bits per heavy atom. The number of nitrogens with zero attached hydrogens (tertiary/aromatic N) is 1. The van der Waals surface area contributed by atoms with E-state index in [0.29, 0.717) is 23.4 Å². The van der Waals surface area contributed by atoms with Crippen LogP contribution in [-0.4, -0.2) is 27.7 Å². The number of hydrogen-bond acceptors (Lipinski definition) is 5. The lowest BCUT2D eigenvalue weighted by Gasteiger charge is -2.19. The molecule has 2 atom stereocenters. The number of ether oxygens (including phenoxy) is 1. The number of oxazole rings is 1. The second-order valence-corrected chi connectivity index (χ2v) is 5.95. The third-order valence-corrected chi connectivity index (χ3v) is 4.48. The zero-order valence-electron chi connectivity index (χ0n) is 9.80. The Balaban J connectivity index is 1.91. The maximum absolute atomic E-state index is 12.3. The van der Waals surface area contributed by atoms with Crippen molar-refractivity contribution in [2.24, 2.45) is 0 Å². The molecule has 0 saturated carbocycles. The van der Waals surface area contributed by atoms with Crippen LogP contribution in [0.5, 0.6) is 0 Å². The van der Waals surface area contributed by atoms with Gasteiger partial charge < -0.3 is 14.9 Å². The summed E-state index contributed by atoms with van der Waals surface area (Å²) in [6.07, 6.45) is 1.82. The highest BCUT2D eigenvalue weighted by atomic mass is 32.2. The smallest absolute Gasteiger partial charge is 0.288 e. The van der Waals surface area contributed by atoms with E-state index in [1.165, 1.54) is 0 Å². The summed E-state index contributed by atoms with van der Waals surface area (Å²) in [5.74, 6) is 0. The van der Waals surface area contributed by atoms with Crippen LogP contribution < -0.4 is 5.73 Å². The molecule has 0 amide bonds. The molecule has 2 heterocycles. The highest BCUT2D eigenvalue weighted by molar-refractivity contribution is 7.85. The summed E-state index contributed by atoms with van der Waals surface area (Å²) in [6.45, 7) is 1.26. The first-order chi connectivity index (χ1) is 8.74. The van der Waals surface area contributed by atoms with Crippen LogP contribution in [0.25, 0.3) is 11.1 Å². The van der Waals surface area contributed by atoms with Gasteiger partial charge in [0.2, 0.25) is 0 Å². The predicted octanol–water partition coefficient (Wildman–Crippen LogP) is 1.70. The molecule has 0 bridgehead atoms. The maximum Gasteiger partial charge on any atom is 0.288 e. The van der Waals surface area contributed by atoms with Crippen LogP contribution in [-0.2, 0) is 15.5 Å².